The Morgan fingerprint density at radius 3 is 3.29 bits per heavy atom. The smallest absolute Gasteiger partial charge is 0.109 e. The van der Waals surface area contributed by atoms with E-state index in [-0.39, 0.29) is 20.7 Å². The van der Waals surface area contributed by atoms with Crippen molar-refractivity contribution >= 4 is 41.7 Å². The fourth-order valence-corrected chi connectivity index (χ4v) is 3.64. The van der Waals surface area contributed by atoms with E-state index in [0.717, 1.165) is 22.3 Å². The number of halogens is 1. The molecule has 0 atom stereocenters. The number of aromatic amines is 1. The Kier molecular flexibility index (Phi) is 1.76. The molecule has 1 aliphatic heterocycles. The monoisotopic (exact) mass is 297 g/mol. The van der Waals surface area contributed by atoms with Gasteiger partial charge in [0.15, 0.2) is 0 Å². The summed E-state index contributed by atoms with van der Waals surface area (Å²) in [6.07, 6.45) is 6.06. The molecule has 0 spiro atoms. The average molecular weight is 297 g/mol. The highest BCUT2D eigenvalue weighted by Gasteiger charge is 2.11. The van der Waals surface area contributed by atoms with Crippen LogP contribution in [0.1, 0.15) is 11.4 Å². The Balaban J connectivity index is 2.48. The number of allylic oxidation sites excluding steroid dienone is 1. The molecule has 0 fully saturated rings. The molecule has 1 aliphatic rings. The van der Waals surface area contributed by atoms with Gasteiger partial charge in [-0.2, -0.15) is 5.10 Å². The van der Waals surface area contributed by atoms with Gasteiger partial charge in [-0.3, -0.25) is 10.1 Å². The van der Waals surface area contributed by atoms with Crippen LogP contribution < -0.4 is 0 Å². The third kappa shape index (κ3) is 1.06. The Hall–Kier alpha value is -1.04. The molecule has 0 bridgehead atoms. The molecule has 4 heteroatoms. The predicted octanol–water partition coefficient (Wildman–Crippen LogP) is 2.24. The van der Waals surface area contributed by atoms with Crippen LogP contribution in [0.5, 0.6) is 0 Å². The molecule has 2 aromatic rings. The summed E-state index contributed by atoms with van der Waals surface area (Å²) < 4.78 is 3.58. The molecule has 3 nitrogen and oxygen atoms in total. The largest absolute Gasteiger partial charge is 0.282 e. The van der Waals surface area contributed by atoms with E-state index < -0.39 is 0 Å². The minimum atomic E-state index is -0.0507. The van der Waals surface area contributed by atoms with Gasteiger partial charge in [0.05, 0.1) is 9.26 Å². The number of hydrogen-bond donors (Lipinski definition) is 1. The molecule has 1 N–H and O–H groups in total. The number of rotatable bonds is 0. The van der Waals surface area contributed by atoms with E-state index in [1.165, 1.54) is 3.57 Å². The van der Waals surface area contributed by atoms with Gasteiger partial charge in [-0.15, -0.1) is 0 Å². The number of H-pyrrole nitrogens is 1. The van der Waals surface area contributed by atoms with E-state index >= 15 is 0 Å². The normalized spacial score (nSPS) is 14.1. The molecule has 0 aromatic carbocycles. The number of fused-ring (bicyclic) bond motifs is 3. The predicted molar refractivity (Wildman–Crippen MR) is 66.4 cm³/mol. The van der Waals surface area contributed by atoms with Crippen LogP contribution in [0.15, 0.2) is 12.3 Å². The molecular formula is C10H8IN3. The first-order valence-corrected chi connectivity index (χ1v) is 6.65. The van der Waals surface area contributed by atoms with Gasteiger partial charge in [0.1, 0.15) is 5.52 Å². The molecule has 0 amide bonds. The fraction of sp³-hybridized carbons (Fsp3) is 0.100. The van der Waals surface area contributed by atoms with E-state index in [0.29, 0.717) is 0 Å². The molecule has 2 aromatic heterocycles. The zero-order valence-electron chi connectivity index (χ0n) is 7.58. The number of nitrogens with one attached hydrogen (secondary N) is 1. The van der Waals surface area contributed by atoms with E-state index in [4.69, 9.17) is 0 Å². The number of nitrogens with zero attached hydrogens (tertiary/aromatic N) is 2. The van der Waals surface area contributed by atoms with Crippen molar-refractivity contribution in [3.63, 3.8) is 0 Å². The summed E-state index contributed by atoms with van der Waals surface area (Å²) >= 11 is -0.0507. The standard InChI is InChI=1S/C10H8IN3/c1-6-7-5-12-8-3-2-4-11-9(8)10(7)14-13-6/h2-5H,1H3,(H,13,14). The number of aromatic nitrogens is 3. The first-order valence-electron chi connectivity index (χ1n) is 4.33. The van der Waals surface area contributed by atoms with Crippen LogP contribution >= 0.6 is 20.7 Å². The molecule has 70 valence electrons. The Morgan fingerprint density at radius 2 is 2.36 bits per heavy atom. The second-order valence-corrected chi connectivity index (χ2v) is 5.58. The Morgan fingerprint density at radius 1 is 1.43 bits per heavy atom. The molecule has 3 rings (SSSR count). The minimum absolute atomic E-state index is 0.0507. The lowest BCUT2D eigenvalue weighted by Gasteiger charge is -2.03. The van der Waals surface area contributed by atoms with Gasteiger partial charge in [0.2, 0.25) is 0 Å². The van der Waals surface area contributed by atoms with Crippen LogP contribution in [0.2, 0.25) is 0 Å². The van der Waals surface area contributed by atoms with E-state index in [2.05, 4.69) is 31.3 Å². The van der Waals surface area contributed by atoms with Gasteiger partial charge >= 0.3 is 0 Å². The van der Waals surface area contributed by atoms with Gasteiger partial charge in [-0.05, 0) is 17.0 Å². The van der Waals surface area contributed by atoms with Gasteiger partial charge in [0, 0.05) is 17.3 Å². The van der Waals surface area contributed by atoms with Crippen molar-refractivity contribution in [3.8, 4) is 0 Å². The summed E-state index contributed by atoms with van der Waals surface area (Å²) in [5.41, 5.74) is 3.31. The van der Waals surface area contributed by atoms with Gasteiger partial charge in [-0.25, -0.2) is 0 Å². The molecule has 0 saturated carbocycles. The number of aryl methyl sites for hydroxylation is 1. The van der Waals surface area contributed by atoms with Gasteiger partial charge < -0.3 is 0 Å². The lowest BCUT2D eigenvalue weighted by atomic mass is 10.2. The van der Waals surface area contributed by atoms with Crippen LogP contribution in [0, 0.1) is 10.5 Å². The van der Waals surface area contributed by atoms with Crippen LogP contribution in [0.25, 0.3) is 17.0 Å². The first-order chi connectivity index (χ1) is 6.86. The maximum Gasteiger partial charge on any atom is 0.109 e. The van der Waals surface area contributed by atoms with Crippen LogP contribution in [-0.4, -0.2) is 19.2 Å². The summed E-state index contributed by atoms with van der Waals surface area (Å²) in [7, 11) is 0. The van der Waals surface area contributed by atoms with Crippen molar-refractivity contribution < 1.29 is 0 Å². The third-order valence-electron chi connectivity index (χ3n) is 2.26. The summed E-state index contributed by atoms with van der Waals surface area (Å²) in [6, 6.07) is 0. The molecule has 0 saturated heterocycles. The molecule has 3 heterocycles. The van der Waals surface area contributed by atoms with Crippen molar-refractivity contribution in [2.75, 3.05) is 0 Å². The minimum Gasteiger partial charge on any atom is -0.282 e. The molecule has 0 aliphatic carbocycles. The molecular weight excluding hydrogens is 289 g/mol. The van der Waals surface area contributed by atoms with E-state index in [9.17, 15) is 0 Å². The first kappa shape index (κ1) is 8.28. The SMILES string of the molecule is Cc1[nH]nc2c3c(ncc12)C=CC=I3. The van der Waals surface area contributed by atoms with Gasteiger partial charge in [-0.1, -0.05) is 26.8 Å². The summed E-state index contributed by atoms with van der Waals surface area (Å²) in [5, 5.41) is 8.52. The van der Waals surface area contributed by atoms with Crippen molar-refractivity contribution in [1.82, 2.24) is 15.2 Å². The molecule has 14 heavy (non-hydrogen) atoms. The highest BCUT2D eigenvalue weighted by molar-refractivity contribution is 14.2. The Bertz CT molecular complexity index is 566. The van der Waals surface area contributed by atoms with Crippen molar-refractivity contribution in [2.45, 2.75) is 6.92 Å². The van der Waals surface area contributed by atoms with Gasteiger partial charge in [0.25, 0.3) is 0 Å². The van der Waals surface area contributed by atoms with Crippen molar-refractivity contribution in [2.24, 2.45) is 0 Å². The van der Waals surface area contributed by atoms with E-state index in [1.807, 2.05) is 13.1 Å². The summed E-state index contributed by atoms with van der Waals surface area (Å²) in [4.78, 5) is 4.44. The number of hydrogen-bond acceptors (Lipinski definition) is 2. The maximum atomic E-state index is 4.44. The average Bonchev–Trinajstić information content (AvgIpc) is 2.61. The quantitative estimate of drug-likeness (QED) is 0.758. The summed E-state index contributed by atoms with van der Waals surface area (Å²) in [5.74, 6) is 0. The third-order valence-corrected chi connectivity index (χ3v) is 4.72. The Labute approximate surface area is 91.0 Å². The maximum absolute atomic E-state index is 4.44. The van der Waals surface area contributed by atoms with Crippen molar-refractivity contribution in [1.29, 1.82) is 0 Å². The highest BCUT2D eigenvalue weighted by atomic mass is 127. The number of pyridine rings is 1. The van der Waals surface area contributed by atoms with Crippen LogP contribution in [-0.2, 0) is 0 Å². The second-order valence-electron chi connectivity index (χ2n) is 3.16. The molecule has 0 radical (unpaired) electrons. The highest BCUT2D eigenvalue weighted by Crippen LogP contribution is 2.28. The second kappa shape index (κ2) is 2.98. The lowest BCUT2D eigenvalue weighted by molar-refractivity contribution is 1.07. The summed E-state index contributed by atoms with van der Waals surface area (Å²) in [6.45, 7) is 2.03. The topological polar surface area (TPSA) is 41.6 Å². The van der Waals surface area contributed by atoms with Crippen LogP contribution in [0.4, 0.5) is 0 Å². The van der Waals surface area contributed by atoms with E-state index in [1.54, 1.807) is 0 Å². The zero-order chi connectivity index (χ0) is 9.54. The lowest BCUT2D eigenvalue weighted by Crippen LogP contribution is -1.91. The van der Waals surface area contributed by atoms with Crippen molar-refractivity contribution in [3.05, 3.63) is 27.2 Å². The zero-order valence-corrected chi connectivity index (χ0v) is 9.74. The fourth-order valence-electron chi connectivity index (χ4n) is 1.53. The van der Waals surface area contributed by atoms with Crippen LogP contribution in [0.3, 0.4) is 0 Å². The molecule has 0 unspecified atom stereocenters.